The van der Waals surface area contributed by atoms with E-state index in [9.17, 15) is 18.0 Å². The highest BCUT2D eigenvalue weighted by Gasteiger charge is 2.32. The van der Waals surface area contributed by atoms with E-state index in [2.05, 4.69) is 19.2 Å². The van der Waals surface area contributed by atoms with Crippen LogP contribution in [-0.2, 0) is 9.78 Å². The van der Waals surface area contributed by atoms with Crippen LogP contribution in [0.2, 0.25) is 0 Å². The summed E-state index contributed by atoms with van der Waals surface area (Å²) in [6.45, 7) is 0. The highest BCUT2D eigenvalue weighted by atomic mass is 19.2. The molecule has 5 nitrogen and oxygen atoms in total. The summed E-state index contributed by atoms with van der Waals surface area (Å²) in [5.41, 5.74) is -0.963. The van der Waals surface area contributed by atoms with E-state index in [0.29, 0.717) is 0 Å². The van der Waals surface area contributed by atoms with Crippen LogP contribution in [0.5, 0.6) is 11.5 Å². The fourth-order valence-corrected chi connectivity index (χ4v) is 1.29. The number of hydrogen-bond donors (Lipinski definition) is 0. The Morgan fingerprint density at radius 1 is 0.889 bits per heavy atom. The molecule has 0 aliphatic heterocycles. The number of benzene rings is 1. The molecule has 1 rings (SSSR count). The number of methoxy groups -OCH3 is 2. The third-order valence-corrected chi connectivity index (χ3v) is 2.01. The molecule has 100 valence electrons. The molecule has 0 spiro atoms. The minimum absolute atomic E-state index is 0.916. The molecule has 0 fully saturated rings. The van der Waals surface area contributed by atoms with Gasteiger partial charge in [0.05, 0.1) is 21.3 Å². The quantitative estimate of drug-likeness (QED) is 0.473. The summed E-state index contributed by atoms with van der Waals surface area (Å²) >= 11 is 0. The van der Waals surface area contributed by atoms with Crippen molar-refractivity contribution in [3.05, 3.63) is 23.0 Å². The van der Waals surface area contributed by atoms with Crippen molar-refractivity contribution in [3.63, 3.8) is 0 Å². The Morgan fingerprint density at radius 3 is 1.83 bits per heavy atom. The molecule has 0 aliphatic rings. The normalized spacial score (nSPS) is 10.1. The van der Waals surface area contributed by atoms with Crippen LogP contribution in [0.3, 0.4) is 0 Å². The first-order valence-corrected chi connectivity index (χ1v) is 4.52. The van der Waals surface area contributed by atoms with Gasteiger partial charge in [-0.2, -0.15) is 13.7 Å². The highest BCUT2D eigenvalue weighted by Crippen LogP contribution is 2.35. The second-order valence-corrected chi connectivity index (χ2v) is 2.92. The molecule has 0 atom stereocenters. The lowest BCUT2D eigenvalue weighted by atomic mass is 10.1. The Balaban J connectivity index is 3.56. The van der Waals surface area contributed by atoms with E-state index < -0.39 is 40.5 Å². The van der Waals surface area contributed by atoms with Crippen molar-refractivity contribution < 1.29 is 37.2 Å². The van der Waals surface area contributed by atoms with Crippen LogP contribution < -0.4 is 9.47 Å². The fraction of sp³-hybridized carbons (Fsp3) is 0.300. The minimum Gasteiger partial charge on any atom is -0.493 e. The second-order valence-electron chi connectivity index (χ2n) is 2.92. The van der Waals surface area contributed by atoms with Crippen molar-refractivity contribution in [2.75, 3.05) is 21.3 Å². The van der Waals surface area contributed by atoms with E-state index in [-0.39, 0.29) is 0 Å². The Kier molecular flexibility index (Phi) is 4.38. The predicted molar refractivity (Wildman–Crippen MR) is 51.8 cm³/mol. The van der Waals surface area contributed by atoms with Crippen molar-refractivity contribution >= 4 is 5.97 Å². The summed E-state index contributed by atoms with van der Waals surface area (Å²) < 4.78 is 49.4. The molecular formula is C10H9F3O5. The van der Waals surface area contributed by atoms with Crippen LogP contribution >= 0.6 is 0 Å². The number of carbonyl (C=O) groups is 1. The molecule has 18 heavy (non-hydrogen) atoms. The molecule has 0 unspecified atom stereocenters. The topological polar surface area (TPSA) is 54.0 Å². The summed E-state index contributed by atoms with van der Waals surface area (Å²) in [6.07, 6.45) is 0. The summed E-state index contributed by atoms with van der Waals surface area (Å²) in [4.78, 5) is 19.4. The lowest BCUT2D eigenvalue weighted by Gasteiger charge is -2.12. The van der Waals surface area contributed by atoms with E-state index >= 15 is 0 Å². The molecule has 0 bridgehead atoms. The molecule has 0 aromatic heterocycles. The zero-order valence-corrected chi connectivity index (χ0v) is 9.68. The number of rotatable bonds is 4. The van der Waals surface area contributed by atoms with Crippen molar-refractivity contribution in [2.24, 2.45) is 0 Å². The standard InChI is InChI=1S/C10H9F3O5/c1-15-8-4(10(14)18-17-3)5(11)9(16-2)7(13)6(8)12/h1-3H3. The first-order chi connectivity index (χ1) is 8.49. The van der Waals surface area contributed by atoms with Gasteiger partial charge < -0.3 is 9.47 Å². The zero-order chi connectivity index (χ0) is 13.9. The largest absolute Gasteiger partial charge is 0.493 e. The molecule has 0 heterocycles. The molecule has 1 aromatic carbocycles. The Hall–Kier alpha value is -1.96. The van der Waals surface area contributed by atoms with Gasteiger partial charge in [-0.25, -0.2) is 9.18 Å². The molecule has 0 radical (unpaired) electrons. The van der Waals surface area contributed by atoms with Gasteiger partial charge in [0.1, 0.15) is 5.56 Å². The van der Waals surface area contributed by atoms with Gasteiger partial charge in [0.15, 0.2) is 17.3 Å². The number of hydrogen-bond acceptors (Lipinski definition) is 5. The Morgan fingerprint density at radius 2 is 1.39 bits per heavy atom. The van der Waals surface area contributed by atoms with E-state index in [1.165, 1.54) is 0 Å². The van der Waals surface area contributed by atoms with E-state index in [1.807, 2.05) is 0 Å². The SMILES string of the molecule is COOC(=O)c1c(F)c(OC)c(F)c(F)c1OC. The van der Waals surface area contributed by atoms with Gasteiger partial charge in [0.2, 0.25) is 11.6 Å². The third kappa shape index (κ3) is 2.19. The first kappa shape index (κ1) is 14.1. The van der Waals surface area contributed by atoms with Crippen LogP contribution in [0.1, 0.15) is 10.4 Å². The molecule has 8 heteroatoms. The van der Waals surface area contributed by atoms with E-state index in [4.69, 9.17) is 0 Å². The average Bonchev–Trinajstić information content (AvgIpc) is 2.34. The predicted octanol–water partition coefficient (Wildman–Crippen LogP) is 1.84. The lowest BCUT2D eigenvalue weighted by molar-refractivity contribution is -0.216. The molecular weight excluding hydrogens is 257 g/mol. The maximum Gasteiger partial charge on any atom is 0.380 e. The summed E-state index contributed by atoms with van der Waals surface area (Å²) in [7, 11) is 2.84. The summed E-state index contributed by atoms with van der Waals surface area (Å²) in [5, 5.41) is 0. The minimum atomic E-state index is -1.61. The molecule has 0 amide bonds. The van der Waals surface area contributed by atoms with Crippen LogP contribution in [0.15, 0.2) is 0 Å². The molecule has 0 saturated heterocycles. The number of ether oxygens (including phenoxy) is 2. The second kappa shape index (κ2) is 5.58. The zero-order valence-electron chi connectivity index (χ0n) is 9.68. The van der Waals surface area contributed by atoms with Gasteiger partial charge in [-0.1, -0.05) is 0 Å². The maximum atomic E-state index is 13.8. The van der Waals surface area contributed by atoms with Gasteiger partial charge in [-0.15, -0.1) is 0 Å². The Bertz CT molecular complexity index is 475. The van der Waals surface area contributed by atoms with Gasteiger partial charge in [0, 0.05) is 0 Å². The highest BCUT2D eigenvalue weighted by molar-refractivity contribution is 5.93. The van der Waals surface area contributed by atoms with Crippen LogP contribution in [0, 0.1) is 17.5 Å². The van der Waals surface area contributed by atoms with Gasteiger partial charge in [-0.05, 0) is 0 Å². The monoisotopic (exact) mass is 266 g/mol. The van der Waals surface area contributed by atoms with Gasteiger partial charge in [-0.3, -0.25) is 4.89 Å². The van der Waals surface area contributed by atoms with Crippen molar-refractivity contribution in [3.8, 4) is 11.5 Å². The molecule has 1 aromatic rings. The molecule has 0 N–H and O–H groups in total. The smallest absolute Gasteiger partial charge is 0.380 e. The van der Waals surface area contributed by atoms with Gasteiger partial charge in [0.25, 0.3) is 0 Å². The van der Waals surface area contributed by atoms with Crippen LogP contribution in [-0.4, -0.2) is 27.3 Å². The molecule has 0 aliphatic carbocycles. The third-order valence-electron chi connectivity index (χ3n) is 2.01. The average molecular weight is 266 g/mol. The Labute approximate surface area is 99.9 Å². The first-order valence-electron chi connectivity index (χ1n) is 4.52. The van der Waals surface area contributed by atoms with Crippen LogP contribution in [0.25, 0.3) is 0 Å². The fourth-order valence-electron chi connectivity index (χ4n) is 1.29. The van der Waals surface area contributed by atoms with E-state index in [0.717, 1.165) is 21.3 Å². The van der Waals surface area contributed by atoms with Crippen molar-refractivity contribution in [1.29, 1.82) is 0 Å². The van der Waals surface area contributed by atoms with Crippen molar-refractivity contribution in [1.82, 2.24) is 0 Å². The summed E-state index contributed by atoms with van der Waals surface area (Å²) in [6, 6.07) is 0. The maximum absolute atomic E-state index is 13.8. The number of halogens is 3. The molecule has 0 saturated carbocycles. The van der Waals surface area contributed by atoms with Crippen molar-refractivity contribution in [2.45, 2.75) is 0 Å². The summed E-state index contributed by atoms with van der Waals surface area (Å²) in [5.74, 6) is -8.01. The van der Waals surface area contributed by atoms with Crippen LogP contribution in [0.4, 0.5) is 13.2 Å². The lowest BCUT2D eigenvalue weighted by Crippen LogP contribution is -2.13. The van der Waals surface area contributed by atoms with E-state index in [1.54, 1.807) is 0 Å². The van der Waals surface area contributed by atoms with Gasteiger partial charge >= 0.3 is 5.97 Å². The number of carbonyl (C=O) groups excluding carboxylic acids is 1.